The Balaban J connectivity index is 2.06. The molecule has 1 unspecified atom stereocenters. The topological polar surface area (TPSA) is 61.8 Å². The minimum Gasteiger partial charge on any atom is -0.463 e. The van der Waals surface area contributed by atoms with Crippen LogP contribution < -0.4 is 9.47 Å². The zero-order valence-corrected chi connectivity index (χ0v) is 17.0. The van der Waals surface area contributed by atoms with Crippen LogP contribution in [0.3, 0.4) is 0 Å². The summed E-state index contributed by atoms with van der Waals surface area (Å²) < 4.78 is 75.9. The van der Waals surface area contributed by atoms with Crippen molar-refractivity contribution in [1.82, 2.24) is 0 Å². The van der Waals surface area contributed by atoms with Crippen LogP contribution in [0.2, 0.25) is 0 Å². The summed E-state index contributed by atoms with van der Waals surface area (Å²) in [5.41, 5.74) is 0.565. The smallest absolute Gasteiger partial charge is 0.463 e. The summed E-state index contributed by atoms with van der Waals surface area (Å²) in [6.45, 7) is 1.66. The van der Waals surface area contributed by atoms with Gasteiger partial charge in [0, 0.05) is 6.42 Å². The van der Waals surface area contributed by atoms with Crippen molar-refractivity contribution in [3.8, 4) is 11.5 Å². The Morgan fingerprint density at radius 3 is 2.33 bits per heavy atom. The predicted octanol–water partition coefficient (Wildman–Crippen LogP) is 4.85. The van der Waals surface area contributed by atoms with E-state index in [4.69, 9.17) is 8.92 Å². The van der Waals surface area contributed by atoms with Gasteiger partial charge in [0.1, 0.15) is 17.3 Å². The van der Waals surface area contributed by atoms with E-state index in [1.165, 1.54) is 6.07 Å². The lowest BCUT2D eigenvalue weighted by molar-refractivity contribution is -0.274. The molecule has 10 heteroatoms. The Morgan fingerprint density at radius 2 is 1.78 bits per heavy atom. The van der Waals surface area contributed by atoms with Gasteiger partial charge in [0.15, 0.2) is 0 Å². The molecule has 0 saturated carbocycles. The molecular weight excluding hydrogens is 500 g/mol. The lowest BCUT2D eigenvalue weighted by Crippen LogP contribution is -2.25. The fraction of sp³-hybridized carbons (Fsp3) is 0.294. The molecule has 2 aromatic carbocycles. The zero-order valence-electron chi connectivity index (χ0n) is 14.1. The van der Waals surface area contributed by atoms with Gasteiger partial charge in [-0.3, -0.25) is 0 Å². The van der Waals surface area contributed by atoms with Crippen molar-refractivity contribution in [1.29, 1.82) is 0 Å². The molecule has 5 nitrogen and oxygen atoms in total. The Bertz CT molecular complexity index is 857. The number of ether oxygens (including phenoxy) is 2. The van der Waals surface area contributed by atoms with Crippen LogP contribution in [0.5, 0.6) is 11.5 Å². The van der Waals surface area contributed by atoms with Crippen LogP contribution in [0.4, 0.5) is 13.2 Å². The van der Waals surface area contributed by atoms with Crippen molar-refractivity contribution in [2.75, 3.05) is 0 Å². The van der Waals surface area contributed by atoms with Gasteiger partial charge in [-0.25, -0.2) is 4.18 Å². The number of halogens is 4. The van der Waals surface area contributed by atoms with E-state index >= 15 is 0 Å². The molecule has 0 aromatic heterocycles. The van der Waals surface area contributed by atoms with E-state index < -0.39 is 28.5 Å². The van der Waals surface area contributed by atoms with Crippen LogP contribution >= 0.6 is 22.6 Å². The third kappa shape index (κ3) is 7.54. The van der Waals surface area contributed by atoms with Crippen LogP contribution in [0.1, 0.15) is 18.9 Å². The van der Waals surface area contributed by atoms with Crippen molar-refractivity contribution in [2.24, 2.45) is 0 Å². The first-order valence-electron chi connectivity index (χ1n) is 7.75. The lowest BCUT2D eigenvalue weighted by Gasteiger charge is -2.19. The molecule has 0 N–H and O–H groups in total. The van der Waals surface area contributed by atoms with Crippen molar-refractivity contribution < 1.29 is 35.2 Å². The van der Waals surface area contributed by atoms with Gasteiger partial charge in [-0.15, -0.1) is 13.2 Å². The molecule has 0 radical (unpaired) electrons. The highest BCUT2D eigenvalue weighted by Gasteiger charge is 2.31. The van der Waals surface area contributed by atoms with E-state index in [-0.39, 0.29) is 17.9 Å². The number of alkyl halides is 3. The Hall–Kier alpha value is -1.53. The Morgan fingerprint density at radius 1 is 1.11 bits per heavy atom. The lowest BCUT2D eigenvalue weighted by atomic mass is 10.2. The van der Waals surface area contributed by atoms with E-state index in [1.54, 1.807) is 59.8 Å². The number of rotatable bonds is 8. The average molecular weight is 516 g/mol. The normalized spacial score (nSPS) is 13.2. The summed E-state index contributed by atoms with van der Waals surface area (Å²) in [5.74, 6) is -0.528. The molecule has 0 aliphatic carbocycles. The number of benzene rings is 2. The molecule has 0 heterocycles. The second-order valence-corrected chi connectivity index (χ2v) is 8.14. The van der Waals surface area contributed by atoms with Gasteiger partial charge in [0.25, 0.3) is 10.1 Å². The fourth-order valence-corrected chi connectivity index (χ4v) is 3.85. The molecule has 148 valence electrons. The van der Waals surface area contributed by atoms with Crippen molar-refractivity contribution >= 4 is 32.7 Å². The summed E-state index contributed by atoms with van der Waals surface area (Å²) in [7, 11) is -3.91. The number of hydrogen-bond acceptors (Lipinski definition) is 5. The maximum Gasteiger partial charge on any atom is 0.573 e. The highest BCUT2D eigenvalue weighted by atomic mass is 127. The van der Waals surface area contributed by atoms with Crippen molar-refractivity contribution in [3.05, 3.63) is 57.7 Å². The van der Waals surface area contributed by atoms with Crippen molar-refractivity contribution in [3.63, 3.8) is 0 Å². The molecule has 2 aromatic rings. The SMILES string of the molecule is CCC(Oc1ccc(OC(F)(F)F)cc1I)OS(=O)(=O)Cc1ccccc1. The molecule has 0 aliphatic rings. The molecule has 0 fully saturated rings. The van der Waals surface area contributed by atoms with Gasteiger partial charge in [-0.1, -0.05) is 37.3 Å². The highest BCUT2D eigenvalue weighted by molar-refractivity contribution is 14.1. The Labute approximate surface area is 168 Å². The van der Waals surface area contributed by atoms with Crippen LogP contribution in [-0.2, 0) is 20.1 Å². The summed E-state index contributed by atoms with van der Waals surface area (Å²) in [6.07, 6.45) is -5.70. The Kier molecular flexibility index (Phi) is 7.34. The summed E-state index contributed by atoms with van der Waals surface area (Å²) in [4.78, 5) is 0. The third-order valence-electron chi connectivity index (χ3n) is 3.17. The molecule has 0 aliphatic heterocycles. The maximum absolute atomic E-state index is 12.3. The molecule has 2 rings (SSSR count). The predicted molar refractivity (Wildman–Crippen MR) is 101 cm³/mol. The van der Waals surface area contributed by atoms with Crippen molar-refractivity contribution in [2.45, 2.75) is 31.7 Å². The monoisotopic (exact) mass is 516 g/mol. The molecule has 0 saturated heterocycles. The van der Waals surface area contributed by atoms with Gasteiger partial charge in [0.2, 0.25) is 6.29 Å². The van der Waals surface area contributed by atoms with E-state index in [0.29, 0.717) is 9.13 Å². The maximum atomic E-state index is 12.3. The van der Waals surface area contributed by atoms with E-state index in [9.17, 15) is 21.6 Å². The molecule has 27 heavy (non-hydrogen) atoms. The minimum atomic E-state index is -4.80. The van der Waals surface area contributed by atoms with Crippen LogP contribution in [0.15, 0.2) is 48.5 Å². The van der Waals surface area contributed by atoms with Crippen LogP contribution in [-0.4, -0.2) is 21.1 Å². The largest absolute Gasteiger partial charge is 0.573 e. The molecule has 0 bridgehead atoms. The molecule has 1 atom stereocenters. The first-order chi connectivity index (χ1) is 12.6. The van der Waals surface area contributed by atoms with E-state index in [1.807, 2.05) is 0 Å². The second kappa shape index (κ2) is 9.11. The third-order valence-corrected chi connectivity index (χ3v) is 5.21. The van der Waals surface area contributed by atoms with Gasteiger partial charge in [-0.2, -0.15) is 8.42 Å². The van der Waals surface area contributed by atoms with Gasteiger partial charge in [-0.05, 0) is 46.4 Å². The molecule has 0 spiro atoms. The quantitative estimate of drug-likeness (QED) is 0.285. The standard InChI is InChI=1S/C17H16F3IO5S/c1-2-16(26-27(22,23)11-12-6-4-3-5-7-12)24-15-9-8-13(10-14(15)21)25-17(18,19)20/h3-10,16H,2,11H2,1H3. The summed E-state index contributed by atoms with van der Waals surface area (Å²) in [5, 5.41) is 0. The van der Waals surface area contributed by atoms with E-state index in [0.717, 1.165) is 12.1 Å². The number of hydrogen-bond donors (Lipinski definition) is 0. The summed E-state index contributed by atoms with van der Waals surface area (Å²) >= 11 is 1.77. The first-order valence-corrected chi connectivity index (χ1v) is 10.4. The fourth-order valence-electron chi connectivity index (χ4n) is 2.06. The molecule has 0 amide bonds. The first kappa shape index (κ1) is 21.8. The minimum absolute atomic E-state index is 0.187. The molecular formula is C17H16F3IO5S. The van der Waals surface area contributed by atoms with Gasteiger partial charge in [0.05, 0.1) is 3.57 Å². The van der Waals surface area contributed by atoms with Gasteiger partial charge >= 0.3 is 6.36 Å². The van der Waals surface area contributed by atoms with Gasteiger partial charge < -0.3 is 9.47 Å². The van der Waals surface area contributed by atoms with E-state index in [2.05, 4.69) is 4.74 Å². The second-order valence-electron chi connectivity index (χ2n) is 5.38. The van der Waals surface area contributed by atoms with Crippen LogP contribution in [0, 0.1) is 3.57 Å². The summed E-state index contributed by atoms with van der Waals surface area (Å²) in [6, 6.07) is 12.0. The zero-order chi connectivity index (χ0) is 20.1. The van der Waals surface area contributed by atoms with Crippen LogP contribution in [0.25, 0.3) is 0 Å². The average Bonchev–Trinajstić information content (AvgIpc) is 2.55. The highest BCUT2D eigenvalue weighted by Crippen LogP contribution is 2.30.